The van der Waals surface area contributed by atoms with Crippen molar-refractivity contribution in [3.05, 3.63) is 29.8 Å². The van der Waals surface area contributed by atoms with E-state index in [1.807, 2.05) is 13.8 Å². The second kappa shape index (κ2) is 10.8. The molecule has 1 amide bonds. The Labute approximate surface area is 162 Å². The molecule has 7 nitrogen and oxygen atoms in total. The number of sulfonamides is 1. The van der Waals surface area contributed by atoms with Crippen LogP contribution in [0.3, 0.4) is 0 Å². The topological polar surface area (TPSA) is 79.0 Å². The molecule has 8 heteroatoms. The second-order valence-electron chi connectivity index (χ2n) is 6.64. The molecule has 0 saturated carbocycles. The van der Waals surface area contributed by atoms with Crippen molar-refractivity contribution in [1.82, 2.24) is 14.5 Å². The van der Waals surface area contributed by atoms with Gasteiger partial charge in [0.1, 0.15) is 0 Å². The highest BCUT2D eigenvalue weighted by molar-refractivity contribution is 7.89. The van der Waals surface area contributed by atoms with Crippen molar-refractivity contribution in [1.29, 1.82) is 0 Å². The first kappa shape index (κ1) is 21.8. The zero-order valence-electron chi connectivity index (χ0n) is 16.3. The highest BCUT2D eigenvalue weighted by Gasteiger charge is 2.24. The fraction of sp³-hybridized carbons (Fsp3) is 0.632. The first-order valence-electron chi connectivity index (χ1n) is 9.67. The third kappa shape index (κ3) is 6.27. The molecule has 27 heavy (non-hydrogen) atoms. The summed E-state index contributed by atoms with van der Waals surface area (Å²) >= 11 is 0. The standard InChI is InChI=1S/C19H31N3O4S/c1-3-9-22(10-4-2)27(24,25)18-7-5-6-17(16-18)19(23)20-8-11-21-12-14-26-15-13-21/h5-7,16H,3-4,8-15H2,1-2H3,(H,20,23). The quantitative estimate of drug-likeness (QED) is 0.648. The van der Waals surface area contributed by atoms with Crippen LogP contribution in [0.1, 0.15) is 37.0 Å². The lowest BCUT2D eigenvalue weighted by molar-refractivity contribution is 0.0383. The molecule has 0 bridgehead atoms. The summed E-state index contributed by atoms with van der Waals surface area (Å²) in [4.78, 5) is 14.8. The number of carbonyl (C=O) groups excluding carboxylic acids is 1. The van der Waals surface area contributed by atoms with E-state index in [1.54, 1.807) is 18.2 Å². The van der Waals surface area contributed by atoms with Crippen molar-refractivity contribution in [2.24, 2.45) is 0 Å². The van der Waals surface area contributed by atoms with E-state index in [0.717, 1.165) is 45.7 Å². The number of hydrogen-bond acceptors (Lipinski definition) is 5. The fourth-order valence-electron chi connectivity index (χ4n) is 3.05. The molecule has 0 unspecified atom stereocenters. The van der Waals surface area contributed by atoms with Crippen LogP contribution in [0, 0.1) is 0 Å². The molecule has 1 aliphatic heterocycles. The molecule has 0 atom stereocenters. The number of hydrogen-bond donors (Lipinski definition) is 1. The van der Waals surface area contributed by atoms with E-state index in [2.05, 4.69) is 10.2 Å². The van der Waals surface area contributed by atoms with Crippen molar-refractivity contribution in [3.8, 4) is 0 Å². The Bertz CT molecular complexity index is 697. The largest absolute Gasteiger partial charge is 0.379 e. The lowest BCUT2D eigenvalue weighted by Crippen LogP contribution is -2.41. The Balaban J connectivity index is 2.01. The molecular weight excluding hydrogens is 366 g/mol. The van der Waals surface area contributed by atoms with Gasteiger partial charge in [-0.25, -0.2) is 8.42 Å². The van der Waals surface area contributed by atoms with Crippen LogP contribution < -0.4 is 5.32 Å². The van der Waals surface area contributed by atoms with Crippen LogP contribution in [-0.2, 0) is 14.8 Å². The van der Waals surface area contributed by atoms with Crippen LogP contribution in [0.4, 0.5) is 0 Å². The zero-order chi connectivity index (χ0) is 19.7. The van der Waals surface area contributed by atoms with Gasteiger partial charge in [0, 0.05) is 44.8 Å². The van der Waals surface area contributed by atoms with E-state index in [-0.39, 0.29) is 10.8 Å². The molecular formula is C19H31N3O4S. The Morgan fingerprint density at radius 2 is 1.85 bits per heavy atom. The summed E-state index contributed by atoms with van der Waals surface area (Å²) in [6, 6.07) is 6.29. The van der Waals surface area contributed by atoms with Crippen molar-refractivity contribution < 1.29 is 17.9 Å². The van der Waals surface area contributed by atoms with Gasteiger partial charge in [0.2, 0.25) is 10.0 Å². The van der Waals surface area contributed by atoms with Crippen molar-refractivity contribution in [2.45, 2.75) is 31.6 Å². The van der Waals surface area contributed by atoms with Gasteiger partial charge in [-0.15, -0.1) is 0 Å². The highest BCUT2D eigenvalue weighted by Crippen LogP contribution is 2.18. The maximum Gasteiger partial charge on any atom is 0.251 e. The number of nitrogens with one attached hydrogen (secondary N) is 1. The van der Waals surface area contributed by atoms with Gasteiger partial charge >= 0.3 is 0 Å². The first-order chi connectivity index (χ1) is 13.0. The van der Waals surface area contributed by atoms with E-state index < -0.39 is 10.0 Å². The first-order valence-corrected chi connectivity index (χ1v) is 11.1. The lowest BCUT2D eigenvalue weighted by atomic mass is 10.2. The lowest BCUT2D eigenvalue weighted by Gasteiger charge is -2.26. The number of carbonyl (C=O) groups is 1. The minimum atomic E-state index is -3.59. The van der Waals surface area contributed by atoms with Crippen LogP contribution in [0.2, 0.25) is 0 Å². The van der Waals surface area contributed by atoms with Crippen LogP contribution in [0.25, 0.3) is 0 Å². The molecule has 1 aromatic rings. The van der Waals surface area contributed by atoms with E-state index in [0.29, 0.717) is 25.2 Å². The number of morpholine rings is 1. The molecule has 152 valence electrons. The van der Waals surface area contributed by atoms with Gasteiger partial charge in [-0.1, -0.05) is 19.9 Å². The molecule has 0 aromatic heterocycles. The minimum Gasteiger partial charge on any atom is -0.379 e. The molecule has 1 N–H and O–H groups in total. The highest BCUT2D eigenvalue weighted by atomic mass is 32.2. The minimum absolute atomic E-state index is 0.172. The molecule has 0 aliphatic carbocycles. The average Bonchev–Trinajstić information content (AvgIpc) is 2.68. The van der Waals surface area contributed by atoms with E-state index in [1.165, 1.54) is 10.4 Å². The fourth-order valence-corrected chi connectivity index (χ4v) is 4.72. The normalized spacial score (nSPS) is 15.8. The summed E-state index contributed by atoms with van der Waals surface area (Å²) in [5.41, 5.74) is 0.367. The smallest absolute Gasteiger partial charge is 0.251 e. The summed E-state index contributed by atoms with van der Waals surface area (Å²) in [5, 5.41) is 2.87. The van der Waals surface area contributed by atoms with E-state index >= 15 is 0 Å². The number of rotatable bonds is 10. The molecule has 1 heterocycles. The van der Waals surface area contributed by atoms with Crippen molar-refractivity contribution >= 4 is 15.9 Å². The number of nitrogens with zero attached hydrogens (tertiary/aromatic N) is 2. The third-order valence-corrected chi connectivity index (χ3v) is 6.39. The van der Waals surface area contributed by atoms with Gasteiger partial charge < -0.3 is 10.1 Å². The van der Waals surface area contributed by atoms with Gasteiger partial charge in [-0.2, -0.15) is 4.31 Å². The summed E-state index contributed by atoms with van der Waals surface area (Å²) in [6.07, 6.45) is 1.50. The summed E-state index contributed by atoms with van der Waals surface area (Å²) in [6.45, 7) is 9.33. The van der Waals surface area contributed by atoms with Gasteiger partial charge in [-0.05, 0) is 31.0 Å². The van der Waals surface area contributed by atoms with E-state index in [9.17, 15) is 13.2 Å². The van der Waals surface area contributed by atoms with E-state index in [4.69, 9.17) is 4.74 Å². The average molecular weight is 398 g/mol. The summed E-state index contributed by atoms with van der Waals surface area (Å²) < 4.78 is 32.6. The second-order valence-corrected chi connectivity index (χ2v) is 8.58. The van der Waals surface area contributed by atoms with Crippen LogP contribution in [0.5, 0.6) is 0 Å². The maximum absolute atomic E-state index is 12.9. The SMILES string of the molecule is CCCN(CCC)S(=O)(=O)c1cccc(C(=O)NCCN2CCOCC2)c1. The van der Waals surface area contributed by atoms with Crippen LogP contribution >= 0.6 is 0 Å². The molecule has 1 aromatic carbocycles. The molecule has 1 saturated heterocycles. The summed E-state index contributed by atoms with van der Waals surface area (Å²) in [7, 11) is -3.59. The zero-order valence-corrected chi connectivity index (χ0v) is 17.1. The molecule has 2 rings (SSSR count). The van der Waals surface area contributed by atoms with Gasteiger partial charge in [0.25, 0.3) is 5.91 Å². The number of amides is 1. The molecule has 1 aliphatic rings. The molecule has 0 spiro atoms. The Hall–Kier alpha value is -1.48. The molecule has 1 fully saturated rings. The number of benzene rings is 1. The number of ether oxygens (including phenoxy) is 1. The predicted molar refractivity (Wildman–Crippen MR) is 105 cm³/mol. The predicted octanol–water partition coefficient (Wildman–Crippen LogP) is 1.56. The Morgan fingerprint density at radius 3 is 2.48 bits per heavy atom. The Morgan fingerprint density at radius 1 is 1.19 bits per heavy atom. The maximum atomic E-state index is 12.9. The van der Waals surface area contributed by atoms with Crippen molar-refractivity contribution in [3.63, 3.8) is 0 Å². The van der Waals surface area contributed by atoms with Gasteiger partial charge in [-0.3, -0.25) is 9.69 Å². The Kier molecular flexibility index (Phi) is 8.69. The van der Waals surface area contributed by atoms with Gasteiger partial charge in [0.15, 0.2) is 0 Å². The third-order valence-electron chi connectivity index (χ3n) is 4.50. The van der Waals surface area contributed by atoms with Gasteiger partial charge in [0.05, 0.1) is 18.1 Å². The van der Waals surface area contributed by atoms with Crippen LogP contribution in [-0.4, -0.2) is 76.0 Å². The summed E-state index contributed by atoms with van der Waals surface area (Å²) in [5.74, 6) is -0.252. The molecule has 0 radical (unpaired) electrons. The monoisotopic (exact) mass is 397 g/mol. The van der Waals surface area contributed by atoms with Crippen molar-refractivity contribution in [2.75, 3.05) is 52.5 Å². The van der Waals surface area contributed by atoms with Crippen LogP contribution in [0.15, 0.2) is 29.2 Å².